The van der Waals surface area contributed by atoms with Crippen molar-refractivity contribution in [2.75, 3.05) is 34.4 Å². The van der Waals surface area contributed by atoms with E-state index in [-0.39, 0.29) is 30.7 Å². The van der Waals surface area contributed by atoms with Crippen molar-refractivity contribution in [1.29, 1.82) is 0 Å². The lowest BCUT2D eigenvalue weighted by Crippen LogP contribution is -2.41. The minimum Gasteiger partial charge on any atom is -0.493 e. The van der Waals surface area contributed by atoms with Crippen molar-refractivity contribution in [3.8, 4) is 22.1 Å². The summed E-state index contributed by atoms with van der Waals surface area (Å²) in [5.41, 5.74) is 1.78. The molecule has 156 valence electrons. The van der Waals surface area contributed by atoms with Crippen LogP contribution in [-0.2, 0) is 11.2 Å². The molecule has 1 aliphatic heterocycles. The van der Waals surface area contributed by atoms with Crippen molar-refractivity contribution >= 4 is 42.1 Å². The first kappa shape index (κ1) is 24.5. The van der Waals surface area contributed by atoms with E-state index in [1.54, 1.807) is 25.6 Å². The highest BCUT2D eigenvalue weighted by Crippen LogP contribution is 2.33. The Balaban J connectivity index is 0.00000196. The van der Waals surface area contributed by atoms with E-state index in [4.69, 9.17) is 9.47 Å². The summed E-state index contributed by atoms with van der Waals surface area (Å²) in [6.45, 7) is 1.69. The van der Waals surface area contributed by atoms with Gasteiger partial charge >= 0.3 is 0 Å². The topological polar surface area (TPSA) is 63.7 Å². The van der Waals surface area contributed by atoms with Crippen molar-refractivity contribution in [3.63, 3.8) is 0 Å². The average molecular weight is 448 g/mol. The monoisotopic (exact) mass is 447 g/mol. The number of hydrogen-bond donors (Lipinski definition) is 1. The minimum absolute atomic E-state index is 0. The van der Waals surface area contributed by atoms with E-state index in [9.17, 15) is 4.79 Å². The van der Waals surface area contributed by atoms with Gasteiger partial charge in [0, 0.05) is 30.1 Å². The number of nitrogens with zero attached hydrogens (tertiary/aromatic N) is 2. The smallest absolute Gasteiger partial charge is 0.228 e. The lowest BCUT2D eigenvalue weighted by molar-refractivity contribution is -0.131. The van der Waals surface area contributed by atoms with Crippen molar-refractivity contribution in [2.24, 2.45) is 0 Å². The Kier molecular flexibility index (Phi) is 10.0. The molecule has 0 bridgehead atoms. The van der Waals surface area contributed by atoms with E-state index in [2.05, 4.69) is 10.3 Å². The largest absolute Gasteiger partial charge is 0.493 e. The van der Waals surface area contributed by atoms with Gasteiger partial charge in [0.2, 0.25) is 5.91 Å². The van der Waals surface area contributed by atoms with Crippen LogP contribution in [0.5, 0.6) is 11.5 Å². The van der Waals surface area contributed by atoms with Gasteiger partial charge in [0.05, 0.1) is 26.3 Å². The number of likely N-dealkylation sites (N-methyl/N-ethyl adjacent to an activating group) is 1. The van der Waals surface area contributed by atoms with Gasteiger partial charge in [-0.2, -0.15) is 0 Å². The third-order valence-corrected chi connectivity index (χ3v) is 5.59. The maximum absolute atomic E-state index is 12.7. The number of nitrogens with one attached hydrogen (secondary N) is 1. The number of rotatable bonds is 7. The number of carbonyl (C=O) groups is 1. The number of halogens is 2. The predicted molar refractivity (Wildman–Crippen MR) is 118 cm³/mol. The highest BCUT2D eigenvalue weighted by atomic mass is 35.5. The zero-order chi connectivity index (χ0) is 18.5. The third-order valence-electron chi connectivity index (χ3n) is 4.65. The van der Waals surface area contributed by atoms with Crippen LogP contribution in [0.1, 0.15) is 18.5 Å². The Morgan fingerprint density at radius 2 is 2.04 bits per heavy atom. The molecule has 6 nitrogen and oxygen atoms in total. The second-order valence-electron chi connectivity index (χ2n) is 6.33. The molecule has 1 unspecified atom stereocenters. The van der Waals surface area contributed by atoms with E-state index in [1.807, 2.05) is 35.5 Å². The second kappa shape index (κ2) is 11.5. The van der Waals surface area contributed by atoms with E-state index in [0.717, 1.165) is 42.2 Å². The number of aromatic nitrogens is 1. The number of carbonyl (C=O) groups excluding carboxylic acids is 1. The Bertz CT molecular complexity index is 773. The third kappa shape index (κ3) is 5.50. The fourth-order valence-corrected chi connectivity index (χ4v) is 4.18. The fourth-order valence-electron chi connectivity index (χ4n) is 3.36. The standard InChI is InChI=1S/C19H25N3O3S.2ClH/c1-20-11-15-5-4-8-22(15)18(23)10-14-12-26-19(21-14)13-6-7-16(24-2)17(9-13)25-3;;/h6-7,9,12,15,20H,4-5,8,10-11H2,1-3H3;2*1H. The molecule has 1 atom stereocenters. The Labute approximate surface area is 182 Å². The summed E-state index contributed by atoms with van der Waals surface area (Å²) in [5, 5.41) is 6.02. The molecule has 0 radical (unpaired) electrons. The molecule has 28 heavy (non-hydrogen) atoms. The summed E-state index contributed by atoms with van der Waals surface area (Å²) in [6.07, 6.45) is 2.50. The van der Waals surface area contributed by atoms with Gasteiger partial charge in [0.15, 0.2) is 11.5 Å². The molecular formula is C19H27Cl2N3O3S. The maximum atomic E-state index is 12.7. The van der Waals surface area contributed by atoms with Gasteiger partial charge in [-0.25, -0.2) is 4.98 Å². The van der Waals surface area contributed by atoms with E-state index >= 15 is 0 Å². The zero-order valence-electron chi connectivity index (χ0n) is 16.3. The van der Waals surface area contributed by atoms with Gasteiger partial charge < -0.3 is 19.7 Å². The number of amides is 1. The van der Waals surface area contributed by atoms with Crippen LogP contribution in [0.15, 0.2) is 23.6 Å². The molecule has 0 saturated carbocycles. The van der Waals surface area contributed by atoms with Crippen molar-refractivity contribution < 1.29 is 14.3 Å². The predicted octanol–water partition coefficient (Wildman–Crippen LogP) is 3.42. The second-order valence-corrected chi connectivity index (χ2v) is 7.19. The highest BCUT2D eigenvalue weighted by Gasteiger charge is 2.28. The molecular weight excluding hydrogens is 421 g/mol. The molecule has 1 N–H and O–H groups in total. The van der Waals surface area contributed by atoms with Crippen molar-refractivity contribution in [3.05, 3.63) is 29.3 Å². The molecule has 1 fully saturated rings. The molecule has 2 heterocycles. The van der Waals surface area contributed by atoms with Crippen LogP contribution >= 0.6 is 36.2 Å². The van der Waals surface area contributed by atoms with Gasteiger partial charge in [0.1, 0.15) is 5.01 Å². The molecule has 9 heteroatoms. The Morgan fingerprint density at radius 1 is 1.29 bits per heavy atom. The van der Waals surface area contributed by atoms with Crippen LogP contribution in [-0.4, -0.2) is 56.2 Å². The zero-order valence-corrected chi connectivity index (χ0v) is 18.7. The van der Waals surface area contributed by atoms with Gasteiger partial charge in [-0.05, 0) is 38.1 Å². The van der Waals surface area contributed by atoms with Crippen LogP contribution in [0.4, 0.5) is 0 Å². The summed E-state index contributed by atoms with van der Waals surface area (Å²) in [4.78, 5) is 19.3. The lowest BCUT2D eigenvalue weighted by atomic mass is 10.2. The Hall–Kier alpha value is -1.54. The minimum atomic E-state index is 0. The number of methoxy groups -OCH3 is 2. The molecule has 3 rings (SSSR count). The van der Waals surface area contributed by atoms with Gasteiger partial charge in [0.25, 0.3) is 0 Å². The molecule has 1 aromatic carbocycles. The summed E-state index contributed by atoms with van der Waals surface area (Å²) in [7, 11) is 5.16. The molecule has 1 aliphatic rings. The normalized spacial score (nSPS) is 15.5. The van der Waals surface area contributed by atoms with E-state index in [0.29, 0.717) is 24.0 Å². The van der Waals surface area contributed by atoms with Crippen molar-refractivity contribution in [1.82, 2.24) is 15.2 Å². The molecule has 0 aliphatic carbocycles. The first-order valence-electron chi connectivity index (χ1n) is 8.77. The summed E-state index contributed by atoms with van der Waals surface area (Å²) >= 11 is 1.54. The molecule has 1 saturated heterocycles. The van der Waals surface area contributed by atoms with Crippen molar-refractivity contribution in [2.45, 2.75) is 25.3 Å². The highest BCUT2D eigenvalue weighted by molar-refractivity contribution is 7.13. The summed E-state index contributed by atoms with van der Waals surface area (Å²) < 4.78 is 10.6. The average Bonchev–Trinajstić information content (AvgIpc) is 3.31. The van der Waals surface area contributed by atoms with Crippen LogP contribution in [0, 0.1) is 0 Å². The molecule has 1 aromatic heterocycles. The van der Waals surface area contributed by atoms with Gasteiger partial charge in [-0.1, -0.05) is 0 Å². The summed E-state index contributed by atoms with van der Waals surface area (Å²) in [5.74, 6) is 1.52. The summed E-state index contributed by atoms with van der Waals surface area (Å²) in [6, 6.07) is 6.03. The van der Waals surface area contributed by atoms with Crippen LogP contribution < -0.4 is 14.8 Å². The number of ether oxygens (including phenoxy) is 2. The van der Waals surface area contributed by atoms with E-state index < -0.39 is 0 Å². The van der Waals surface area contributed by atoms with E-state index in [1.165, 1.54) is 0 Å². The lowest BCUT2D eigenvalue weighted by Gasteiger charge is -2.24. The van der Waals surface area contributed by atoms with Crippen LogP contribution in [0.2, 0.25) is 0 Å². The Morgan fingerprint density at radius 3 is 2.71 bits per heavy atom. The first-order chi connectivity index (χ1) is 12.7. The fraction of sp³-hybridized carbons (Fsp3) is 0.474. The van der Waals surface area contributed by atoms with Gasteiger partial charge in [-0.3, -0.25) is 4.79 Å². The first-order valence-corrected chi connectivity index (χ1v) is 9.65. The number of benzene rings is 1. The molecule has 1 amide bonds. The quantitative estimate of drug-likeness (QED) is 0.704. The molecule has 2 aromatic rings. The SMILES string of the molecule is CNCC1CCCN1C(=O)Cc1csc(-c2ccc(OC)c(OC)c2)n1.Cl.Cl. The van der Waals surface area contributed by atoms with Gasteiger partial charge in [-0.15, -0.1) is 36.2 Å². The van der Waals surface area contributed by atoms with Crippen LogP contribution in [0.3, 0.4) is 0 Å². The number of likely N-dealkylation sites (tertiary alicyclic amines) is 1. The maximum Gasteiger partial charge on any atom is 0.228 e. The number of thiazole rings is 1. The van der Waals surface area contributed by atoms with Crippen LogP contribution in [0.25, 0.3) is 10.6 Å². The molecule has 0 spiro atoms. The number of hydrogen-bond acceptors (Lipinski definition) is 6.